The number of hydrogen-bond acceptors (Lipinski definition) is 2. The topological polar surface area (TPSA) is 25.8 Å². The van der Waals surface area contributed by atoms with Crippen molar-refractivity contribution in [3.63, 3.8) is 0 Å². The van der Waals surface area contributed by atoms with Gasteiger partial charge in [-0.05, 0) is 43.5 Å². The summed E-state index contributed by atoms with van der Waals surface area (Å²) < 4.78 is 37.8. The summed E-state index contributed by atoms with van der Waals surface area (Å²) in [6.07, 6.45) is -3.39. The van der Waals surface area contributed by atoms with Crippen molar-refractivity contribution in [1.29, 1.82) is 0 Å². The molecule has 0 fully saturated rings. The summed E-state index contributed by atoms with van der Waals surface area (Å²) >= 11 is 0. The molecule has 19 heavy (non-hydrogen) atoms. The van der Waals surface area contributed by atoms with E-state index in [0.29, 0.717) is 11.3 Å². The summed E-state index contributed by atoms with van der Waals surface area (Å²) in [5, 5.41) is 0. The van der Waals surface area contributed by atoms with Crippen molar-refractivity contribution >= 4 is 0 Å². The molecular weight excluding hydrogens is 253 g/mol. The van der Waals surface area contributed by atoms with Crippen molar-refractivity contribution < 1.29 is 13.2 Å². The van der Waals surface area contributed by atoms with Crippen LogP contribution in [-0.2, 0) is 6.18 Å². The van der Waals surface area contributed by atoms with Gasteiger partial charge in [0.25, 0.3) is 0 Å². The molecule has 0 saturated carbocycles. The van der Waals surface area contributed by atoms with Crippen molar-refractivity contribution in [3.8, 4) is 11.3 Å². The first-order valence-corrected chi connectivity index (χ1v) is 5.78. The first kappa shape index (κ1) is 13.5. The molecule has 2 rings (SSSR count). The van der Waals surface area contributed by atoms with Crippen LogP contribution in [0.2, 0.25) is 0 Å². The van der Waals surface area contributed by atoms with Crippen LogP contribution in [0.4, 0.5) is 13.2 Å². The van der Waals surface area contributed by atoms with Crippen LogP contribution in [0.15, 0.2) is 24.4 Å². The molecule has 1 aromatic heterocycles. The third kappa shape index (κ3) is 2.59. The fourth-order valence-electron chi connectivity index (χ4n) is 1.88. The minimum Gasteiger partial charge on any atom is -0.233 e. The number of alkyl halides is 3. The summed E-state index contributed by atoms with van der Waals surface area (Å²) in [6.45, 7) is 5.79. The van der Waals surface area contributed by atoms with Crippen molar-refractivity contribution in [1.82, 2.24) is 9.97 Å². The van der Waals surface area contributed by atoms with E-state index < -0.39 is 12.0 Å². The molecule has 0 saturated heterocycles. The van der Waals surface area contributed by atoms with Gasteiger partial charge in [-0.3, -0.25) is 0 Å². The minimum absolute atomic E-state index is 0.294. The van der Waals surface area contributed by atoms with Crippen LogP contribution in [0.1, 0.15) is 22.5 Å². The molecule has 0 aliphatic heterocycles. The lowest BCUT2D eigenvalue weighted by Gasteiger charge is -2.12. The molecule has 0 spiro atoms. The Kier molecular flexibility index (Phi) is 3.30. The summed E-state index contributed by atoms with van der Waals surface area (Å²) in [5.74, 6) is -1.11. The van der Waals surface area contributed by atoms with Gasteiger partial charge in [0.15, 0.2) is 0 Å². The molecule has 0 atom stereocenters. The highest BCUT2D eigenvalue weighted by Crippen LogP contribution is 2.30. The monoisotopic (exact) mass is 266 g/mol. The molecule has 0 aliphatic rings. The normalized spacial score (nSPS) is 11.7. The van der Waals surface area contributed by atoms with Crippen LogP contribution in [0.3, 0.4) is 0 Å². The summed E-state index contributed by atoms with van der Waals surface area (Å²) in [5.41, 5.74) is 4.10. The van der Waals surface area contributed by atoms with Crippen molar-refractivity contribution in [2.75, 3.05) is 0 Å². The quantitative estimate of drug-likeness (QED) is 0.777. The number of benzene rings is 1. The second kappa shape index (κ2) is 4.64. The van der Waals surface area contributed by atoms with Gasteiger partial charge in [-0.25, -0.2) is 9.97 Å². The highest BCUT2D eigenvalue weighted by molar-refractivity contribution is 5.65. The first-order chi connectivity index (χ1) is 8.80. The zero-order valence-corrected chi connectivity index (χ0v) is 10.8. The van der Waals surface area contributed by atoms with E-state index in [0.717, 1.165) is 22.9 Å². The number of aromatic nitrogens is 2. The molecule has 0 amide bonds. The van der Waals surface area contributed by atoms with Gasteiger partial charge in [0.2, 0.25) is 5.82 Å². The van der Waals surface area contributed by atoms with Crippen molar-refractivity contribution in [3.05, 3.63) is 46.9 Å². The number of halogens is 3. The van der Waals surface area contributed by atoms with E-state index in [9.17, 15) is 13.2 Å². The summed E-state index contributed by atoms with van der Waals surface area (Å²) in [4.78, 5) is 6.88. The lowest BCUT2D eigenvalue weighted by atomic mass is 9.97. The maximum absolute atomic E-state index is 12.6. The maximum Gasteiger partial charge on any atom is 0.451 e. The molecule has 0 bridgehead atoms. The van der Waals surface area contributed by atoms with Gasteiger partial charge >= 0.3 is 6.18 Å². The van der Waals surface area contributed by atoms with Crippen LogP contribution >= 0.6 is 0 Å². The molecule has 2 nitrogen and oxygen atoms in total. The zero-order chi connectivity index (χ0) is 14.2. The third-order valence-corrected chi connectivity index (χ3v) is 3.24. The Hall–Kier alpha value is -1.91. The van der Waals surface area contributed by atoms with Crippen molar-refractivity contribution in [2.24, 2.45) is 0 Å². The number of rotatable bonds is 1. The Bertz CT molecular complexity index is 619. The van der Waals surface area contributed by atoms with E-state index in [4.69, 9.17) is 0 Å². The smallest absolute Gasteiger partial charge is 0.233 e. The van der Waals surface area contributed by atoms with Gasteiger partial charge in [-0.1, -0.05) is 12.1 Å². The molecule has 0 radical (unpaired) electrons. The van der Waals surface area contributed by atoms with Gasteiger partial charge in [0.1, 0.15) is 0 Å². The summed E-state index contributed by atoms with van der Waals surface area (Å²) in [6, 6.07) is 5.17. The van der Waals surface area contributed by atoms with E-state index in [1.54, 1.807) is 6.07 Å². The molecule has 1 aromatic carbocycles. The van der Waals surface area contributed by atoms with Gasteiger partial charge in [-0.15, -0.1) is 0 Å². The molecule has 1 heterocycles. The Balaban J connectivity index is 2.57. The highest BCUT2D eigenvalue weighted by Gasteiger charge is 2.34. The van der Waals surface area contributed by atoms with Crippen LogP contribution in [0, 0.1) is 20.8 Å². The van der Waals surface area contributed by atoms with Crippen LogP contribution in [-0.4, -0.2) is 9.97 Å². The average molecular weight is 266 g/mol. The van der Waals surface area contributed by atoms with Gasteiger partial charge in [0, 0.05) is 11.8 Å². The standard InChI is InChI=1S/C14H13F3N2/c1-8-4-5-11(10(3)9(8)2)12-6-7-18-13(19-12)14(15,16)17/h4-7H,1-3H3. The van der Waals surface area contributed by atoms with E-state index in [1.807, 2.05) is 26.8 Å². The molecule has 0 aliphatic carbocycles. The largest absolute Gasteiger partial charge is 0.451 e. The molecular formula is C14H13F3N2. The van der Waals surface area contributed by atoms with E-state index in [2.05, 4.69) is 9.97 Å². The van der Waals surface area contributed by atoms with Crippen LogP contribution < -0.4 is 0 Å². The Morgan fingerprint density at radius 1 is 0.947 bits per heavy atom. The van der Waals surface area contributed by atoms with Crippen LogP contribution in [0.5, 0.6) is 0 Å². The molecule has 0 unspecified atom stereocenters. The second-order valence-electron chi connectivity index (χ2n) is 4.44. The second-order valence-corrected chi connectivity index (χ2v) is 4.44. The first-order valence-electron chi connectivity index (χ1n) is 5.78. The van der Waals surface area contributed by atoms with Crippen LogP contribution in [0.25, 0.3) is 11.3 Å². The Morgan fingerprint density at radius 2 is 1.63 bits per heavy atom. The number of aryl methyl sites for hydroxylation is 1. The maximum atomic E-state index is 12.6. The third-order valence-electron chi connectivity index (χ3n) is 3.24. The fraction of sp³-hybridized carbons (Fsp3) is 0.286. The fourth-order valence-corrected chi connectivity index (χ4v) is 1.88. The predicted octanol–water partition coefficient (Wildman–Crippen LogP) is 4.09. The molecule has 0 N–H and O–H groups in total. The Labute approximate surface area is 109 Å². The number of nitrogens with zero attached hydrogens (tertiary/aromatic N) is 2. The zero-order valence-electron chi connectivity index (χ0n) is 10.8. The van der Waals surface area contributed by atoms with E-state index in [1.165, 1.54) is 6.07 Å². The minimum atomic E-state index is -4.52. The SMILES string of the molecule is Cc1ccc(-c2ccnc(C(F)(F)F)n2)c(C)c1C. The predicted molar refractivity (Wildman–Crippen MR) is 66.7 cm³/mol. The average Bonchev–Trinajstić information content (AvgIpc) is 2.35. The lowest BCUT2D eigenvalue weighted by molar-refractivity contribution is -0.144. The van der Waals surface area contributed by atoms with Gasteiger partial charge in [-0.2, -0.15) is 13.2 Å². The highest BCUT2D eigenvalue weighted by atomic mass is 19.4. The lowest BCUT2D eigenvalue weighted by Crippen LogP contribution is -2.11. The Morgan fingerprint density at radius 3 is 2.26 bits per heavy atom. The molecule has 5 heteroatoms. The molecule has 2 aromatic rings. The van der Waals surface area contributed by atoms with Crippen molar-refractivity contribution in [2.45, 2.75) is 26.9 Å². The number of hydrogen-bond donors (Lipinski definition) is 0. The van der Waals surface area contributed by atoms with Gasteiger partial charge in [0.05, 0.1) is 5.69 Å². The van der Waals surface area contributed by atoms with E-state index >= 15 is 0 Å². The van der Waals surface area contributed by atoms with E-state index in [-0.39, 0.29) is 0 Å². The van der Waals surface area contributed by atoms with Gasteiger partial charge < -0.3 is 0 Å². The summed E-state index contributed by atoms with van der Waals surface area (Å²) in [7, 11) is 0. The molecule has 100 valence electrons.